The molecule has 1 unspecified atom stereocenters. The first-order valence-electron chi connectivity index (χ1n) is 8.17. The monoisotopic (exact) mass is 325 g/mol. The van der Waals surface area contributed by atoms with Gasteiger partial charge < -0.3 is 9.88 Å². The Labute approximate surface area is 138 Å². The number of fused-ring (bicyclic) bond motifs is 2. The maximum atomic E-state index is 12.6. The average Bonchev–Trinajstić information content (AvgIpc) is 3.18. The van der Waals surface area contributed by atoms with Gasteiger partial charge in [-0.15, -0.1) is 10.2 Å². The minimum Gasteiger partial charge on any atom is -0.342 e. The van der Waals surface area contributed by atoms with E-state index in [2.05, 4.69) is 35.3 Å². The summed E-state index contributed by atoms with van der Waals surface area (Å²) in [6.45, 7) is 4.75. The number of nitrogens with zero attached hydrogens (tertiary/aromatic N) is 5. The normalized spacial score (nSPS) is 15.2. The second kappa shape index (κ2) is 5.70. The largest absolute Gasteiger partial charge is 0.342 e. The number of nitrogens with one attached hydrogen (secondary N) is 2. The molecular weight excluding hydrogens is 306 g/mol. The summed E-state index contributed by atoms with van der Waals surface area (Å²) in [4.78, 5) is 16.8. The highest BCUT2D eigenvalue weighted by molar-refractivity contribution is 5.97. The van der Waals surface area contributed by atoms with Crippen LogP contribution in [-0.2, 0) is 13.0 Å². The van der Waals surface area contributed by atoms with Crippen molar-refractivity contribution in [2.45, 2.75) is 45.7 Å². The van der Waals surface area contributed by atoms with Gasteiger partial charge in [0.2, 0.25) is 0 Å². The Bertz CT molecular complexity index is 910. The standard InChI is InChI=1S/C16H19N7O/c1-9-12-7-11(8-17-14(12)21-19-9)16(24)18-10(2)15-22-20-13-5-3-4-6-23(13)15/h7-8,10H,3-6H2,1-2H3,(H,18,24)(H,17,19,21). The average molecular weight is 325 g/mol. The maximum absolute atomic E-state index is 12.6. The van der Waals surface area contributed by atoms with E-state index in [1.165, 1.54) is 0 Å². The van der Waals surface area contributed by atoms with E-state index >= 15 is 0 Å². The molecule has 0 radical (unpaired) electrons. The van der Waals surface area contributed by atoms with Gasteiger partial charge in [0.25, 0.3) is 5.91 Å². The van der Waals surface area contributed by atoms with Gasteiger partial charge >= 0.3 is 0 Å². The molecule has 8 heteroatoms. The van der Waals surface area contributed by atoms with E-state index in [1.807, 2.05) is 19.9 Å². The second-order valence-corrected chi connectivity index (χ2v) is 6.22. The maximum Gasteiger partial charge on any atom is 0.253 e. The predicted octanol–water partition coefficient (Wildman–Crippen LogP) is 1.69. The minimum atomic E-state index is -0.210. The molecule has 0 saturated heterocycles. The topological polar surface area (TPSA) is 101 Å². The first kappa shape index (κ1) is 14.8. The number of hydrogen-bond donors (Lipinski definition) is 2. The first-order chi connectivity index (χ1) is 11.6. The highest BCUT2D eigenvalue weighted by Crippen LogP contribution is 2.20. The third-order valence-corrected chi connectivity index (χ3v) is 4.49. The molecule has 124 valence electrons. The number of H-pyrrole nitrogens is 1. The van der Waals surface area contributed by atoms with Crippen LogP contribution >= 0.6 is 0 Å². The summed E-state index contributed by atoms with van der Waals surface area (Å²) in [6.07, 6.45) is 4.77. The van der Waals surface area contributed by atoms with Crippen molar-refractivity contribution in [2.24, 2.45) is 0 Å². The van der Waals surface area contributed by atoms with Crippen molar-refractivity contribution in [1.29, 1.82) is 0 Å². The van der Waals surface area contributed by atoms with Crippen LogP contribution in [0, 0.1) is 6.92 Å². The molecule has 0 aliphatic carbocycles. The summed E-state index contributed by atoms with van der Waals surface area (Å²) in [5, 5.41) is 19.3. The number of amides is 1. The van der Waals surface area contributed by atoms with Crippen LogP contribution in [0.4, 0.5) is 0 Å². The zero-order valence-electron chi connectivity index (χ0n) is 13.7. The van der Waals surface area contributed by atoms with Crippen molar-refractivity contribution in [3.63, 3.8) is 0 Å². The van der Waals surface area contributed by atoms with Crippen LogP contribution in [0.25, 0.3) is 11.0 Å². The lowest BCUT2D eigenvalue weighted by molar-refractivity contribution is 0.0937. The number of aryl methyl sites for hydroxylation is 2. The summed E-state index contributed by atoms with van der Waals surface area (Å²) < 4.78 is 2.12. The van der Waals surface area contributed by atoms with E-state index in [0.717, 1.165) is 48.5 Å². The molecule has 1 atom stereocenters. The van der Waals surface area contributed by atoms with E-state index in [1.54, 1.807) is 6.20 Å². The molecule has 1 aliphatic rings. The summed E-state index contributed by atoms with van der Waals surface area (Å²) in [5.41, 5.74) is 2.02. The van der Waals surface area contributed by atoms with Crippen molar-refractivity contribution in [3.8, 4) is 0 Å². The molecule has 1 amide bonds. The van der Waals surface area contributed by atoms with Crippen molar-refractivity contribution in [2.75, 3.05) is 0 Å². The molecule has 4 heterocycles. The van der Waals surface area contributed by atoms with E-state index in [9.17, 15) is 4.79 Å². The smallest absolute Gasteiger partial charge is 0.253 e. The number of rotatable bonds is 3. The molecule has 0 saturated carbocycles. The first-order valence-corrected chi connectivity index (χ1v) is 8.17. The Hall–Kier alpha value is -2.77. The highest BCUT2D eigenvalue weighted by Gasteiger charge is 2.22. The summed E-state index contributed by atoms with van der Waals surface area (Å²) in [5.74, 6) is 1.65. The number of hydrogen-bond acceptors (Lipinski definition) is 5. The summed E-state index contributed by atoms with van der Waals surface area (Å²) >= 11 is 0. The Morgan fingerprint density at radius 3 is 3.12 bits per heavy atom. The van der Waals surface area contributed by atoms with Crippen LogP contribution < -0.4 is 5.32 Å². The van der Waals surface area contributed by atoms with Gasteiger partial charge in [-0.2, -0.15) is 5.10 Å². The molecule has 0 bridgehead atoms. The molecule has 3 aromatic rings. The third kappa shape index (κ3) is 2.44. The van der Waals surface area contributed by atoms with Crippen molar-refractivity contribution >= 4 is 16.9 Å². The molecule has 0 fully saturated rings. The lowest BCUT2D eigenvalue weighted by Crippen LogP contribution is -2.29. The Morgan fingerprint density at radius 1 is 1.38 bits per heavy atom. The van der Waals surface area contributed by atoms with Gasteiger partial charge in [-0.3, -0.25) is 9.89 Å². The van der Waals surface area contributed by atoms with Gasteiger partial charge in [-0.25, -0.2) is 4.98 Å². The van der Waals surface area contributed by atoms with Gasteiger partial charge in [0, 0.05) is 30.2 Å². The molecule has 2 N–H and O–H groups in total. The Morgan fingerprint density at radius 2 is 2.25 bits per heavy atom. The molecule has 4 rings (SSSR count). The molecule has 8 nitrogen and oxygen atoms in total. The molecular formula is C16H19N7O. The van der Waals surface area contributed by atoms with Crippen molar-refractivity contribution < 1.29 is 4.79 Å². The second-order valence-electron chi connectivity index (χ2n) is 6.22. The Balaban J connectivity index is 1.56. The number of pyridine rings is 1. The molecule has 24 heavy (non-hydrogen) atoms. The molecule has 0 spiro atoms. The fourth-order valence-corrected chi connectivity index (χ4v) is 3.14. The zero-order valence-corrected chi connectivity index (χ0v) is 13.7. The van der Waals surface area contributed by atoms with Crippen LogP contribution in [0.3, 0.4) is 0 Å². The fraction of sp³-hybridized carbons (Fsp3) is 0.438. The predicted molar refractivity (Wildman–Crippen MR) is 87.5 cm³/mol. The van der Waals surface area contributed by atoms with Gasteiger partial charge in [0.15, 0.2) is 11.5 Å². The number of aromatic nitrogens is 6. The van der Waals surface area contributed by atoms with Gasteiger partial charge in [-0.1, -0.05) is 0 Å². The van der Waals surface area contributed by atoms with Gasteiger partial charge in [0.05, 0.1) is 11.6 Å². The lowest BCUT2D eigenvalue weighted by atomic mass is 10.1. The van der Waals surface area contributed by atoms with E-state index in [4.69, 9.17) is 0 Å². The molecule has 1 aliphatic heterocycles. The number of aromatic amines is 1. The van der Waals surface area contributed by atoms with E-state index in [-0.39, 0.29) is 11.9 Å². The SMILES string of the molecule is Cc1[nH]nc2ncc(C(=O)NC(C)c3nnc4n3CCCC4)cc12. The van der Waals surface area contributed by atoms with Crippen LogP contribution in [-0.4, -0.2) is 35.9 Å². The third-order valence-electron chi connectivity index (χ3n) is 4.49. The number of carbonyl (C=O) groups is 1. The van der Waals surface area contributed by atoms with E-state index in [0.29, 0.717) is 11.2 Å². The van der Waals surface area contributed by atoms with Crippen LogP contribution in [0.2, 0.25) is 0 Å². The van der Waals surface area contributed by atoms with Gasteiger partial charge in [0.1, 0.15) is 5.82 Å². The van der Waals surface area contributed by atoms with Crippen LogP contribution in [0.1, 0.15) is 53.5 Å². The zero-order chi connectivity index (χ0) is 16.7. The molecule has 0 aromatic carbocycles. The highest BCUT2D eigenvalue weighted by atomic mass is 16.1. The lowest BCUT2D eigenvalue weighted by Gasteiger charge is -2.18. The summed E-state index contributed by atoms with van der Waals surface area (Å²) in [7, 11) is 0. The van der Waals surface area contributed by atoms with E-state index < -0.39 is 0 Å². The minimum absolute atomic E-state index is 0.175. The van der Waals surface area contributed by atoms with Gasteiger partial charge in [-0.05, 0) is 32.8 Å². The molecule has 3 aromatic heterocycles. The summed E-state index contributed by atoms with van der Waals surface area (Å²) in [6, 6.07) is 1.60. The fourth-order valence-electron chi connectivity index (χ4n) is 3.14. The van der Waals surface area contributed by atoms with Crippen molar-refractivity contribution in [1.82, 2.24) is 35.3 Å². The Kier molecular flexibility index (Phi) is 3.51. The van der Waals surface area contributed by atoms with Crippen LogP contribution in [0.5, 0.6) is 0 Å². The number of carbonyl (C=O) groups excluding carboxylic acids is 1. The quantitative estimate of drug-likeness (QED) is 0.763. The van der Waals surface area contributed by atoms with Crippen molar-refractivity contribution in [3.05, 3.63) is 35.2 Å². The van der Waals surface area contributed by atoms with Crippen LogP contribution in [0.15, 0.2) is 12.3 Å².